The Morgan fingerprint density at radius 2 is 1.20 bits per heavy atom. The summed E-state index contributed by atoms with van der Waals surface area (Å²) in [6.45, 7) is 4.98. The number of nitrogens with one attached hydrogen (secondary N) is 2. The SMILES string of the molecule is CCOCC(COCC(O)CNC1CCCCC1)OCC(O)CNC1CCCCC1. The summed E-state index contributed by atoms with van der Waals surface area (Å²) in [5, 5.41) is 27.3. The van der Waals surface area contributed by atoms with Gasteiger partial charge in [-0.2, -0.15) is 0 Å². The van der Waals surface area contributed by atoms with E-state index in [0.717, 1.165) is 0 Å². The van der Waals surface area contributed by atoms with Crippen LogP contribution in [0.1, 0.15) is 71.1 Å². The molecule has 7 nitrogen and oxygen atoms in total. The zero-order chi connectivity index (χ0) is 21.4. The van der Waals surface area contributed by atoms with Crippen LogP contribution in [0.3, 0.4) is 0 Å². The molecule has 3 unspecified atom stereocenters. The van der Waals surface area contributed by atoms with E-state index in [2.05, 4.69) is 10.6 Å². The van der Waals surface area contributed by atoms with Crippen molar-refractivity contribution in [3.8, 4) is 0 Å². The zero-order valence-corrected chi connectivity index (χ0v) is 19.0. The Hall–Kier alpha value is -0.280. The topological polar surface area (TPSA) is 92.2 Å². The Bertz CT molecular complexity index is 403. The Labute approximate surface area is 183 Å². The minimum Gasteiger partial charge on any atom is -0.389 e. The molecule has 2 aliphatic carbocycles. The number of hydrogen-bond acceptors (Lipinski definition) is 7. The molecule has 0 saturated heterocycles. The molecule has 0 spiro atoms. The molecule has 3 atom stereocenters. The van der Waals surface area contributed by atoms with Crippen molar-refractivity contribution in [2.75, 3.05) is 46.1 Å². The Morgan fingerprint density at radius 1 is 0.700 bits per heavy atom. The van der Waals surface area contributed by atoms with Crippen molar-refractivity contribution in [1.29, 1.82) is 0 Å². The third-order valence-electron chi connectivity index (χ3n) is 6.14. The van der Waals surface area contributed by atoms with Crippen LogP contribution in [-0.4, -0.2) is 86.7 Å². The number of aliphatic hydroxyl groups is 2. The van der Waals surface area contributed by atoms with Crippen LogP contribution >= 0.6 is 0 Å². The van der Waals surface area contributed by atoms with E-state index in [1.807, 2.05) is 6.92 Å². The van der Waals surface area contributed by atoms with Crippen LogP contribution in [0.5, 0.6) is 0 Å². The summed E-state index contributed by atoms with van der Waals surface area (Å²) in [4.78, 5) is 0. The summed E-state index contributed by atoms with van der Waals surface area (Å²) >= 11 is 0. The van der Waals surface area contributed by atoms with Crippen molar-refractivity contribution in [1.82, 2.24) is 10.6 Å². The molecule has 0 radical (unpaired) electrons. The minimum absolute atomic E-state index is 0.243. The van der Waals surface area contributed by atoms with Crippen molar-refractivity contribution in [3.63, 3.8) is 0 Å². The van der Waals surface area contributed by atoms with Gasteiger partial charge in [0, 0.05) is 31.8 Å². The van der Waals surface area contributed by atoms with Crippen molar-refractivity contribution < 1.29 is 24.4 Å². The standard InChI is InChI=1S/C23H46N2O5/c1-2-28-17-23(30-16-22(27)14-25-20-11-7-4-8-12-20)18-29-15-21(26)13-24-19-9-5-3-6-10-19/h19-27H,2-18H2,1H3. The molecule has 0 bridgehead atoms. The molecule has 2 saturated carbocycles. The van der Waals surface area contributed by atoms with Gasteiger partial charge in [0.05, 0.1) is 38.6 Å². The van der Waals surface area contributed by atoms with Gasteiger partial charge in [-0.25, -0.2) is 0 Å². The summed E-state index contributed by atoms with van der Waals surface area (Å²) < 4.78 is 17.0. The highest BCUT2D eigenvalue weighted by atomic mass is 16.6. The molecule has 0 amide bonds. The first kappa shape index (κ1) is 26.0. The molecule has 0 aliphatic heterocycles. The Morgan fingerprint density at radius 3 is 1.73 bits per heavy atom. The van der Waals surface area contributed by atoms with E-state index < -0.39 is 12.2 Å². The van der Waals surface area contributed by atoms with Crippen LogP contribution in [0, 0.1) is 0 Å². The third kappa shape index (κ3) is 11.9. The smallest absolute Gasteiger partial charge is 0.104 e. The first-order valence-corrected chi connectivity index (χ1v) is 12.3. The Balaban J connectivity index is 1.56. The van der Waals surface area contributed by atoms with Crippen molar-refractivity contribution in [2.24, 2.45) is 0 Å². The predicted molar refractivity (Wildman–Crippen MR) is 119 cm³/mol. The lowest BCUT2D eigenvalue weighted by Crippen LogP contribution is -2.40. The van der Waals surface area contributed by atoms with E-state index in [9.17, 15) is 10.2 Å². The number of aliphatic hydroxyl groups excluding tert-OH is 2. The Kier molecular flexibility index (Phi) is 14.2. The molecule has 30 heavy (non-hydrogen) atoms. The predicted octanol–water partition coefficient (Wildman–Crippen LogP) is 1.99. The van der Waals surface area contributed by atoms with E-state index in [1.54, 1.807) is 0 Å². The quantitative estimate of drug-likeness (QED) is 0.298. The molecule has 2 rings (SSSR count). The molecule has 0 aromatic heterocycles. The van der Waals surface area contributed by atoms with Gasteiger partial charge in [0.1, 0.15) is 6.10 Å². The van der Waals surface area contributed by atoms with E-state index >= 15 is 0 Å². The molecule has 0 aromatic rings. The van der Waals surface area contributed by atoms with E-state index in [0.29, 0.717) is 45.0 Å². The van der Waals surface area contributed by atoms with Gasteiger partial charge in [-0.1, -0.05) is 38.5 Å². The fourth-order valence-electron chi connectivity index (χ4n) is 4.31. The molecule has 0 heterocycles. The van der Waals surface area contributed by atoms with Crippen molar-refractivity contribution in [2.45, 2.75) is 102 Å². The second-order valence-corrected chi connectivity index (χ2v) is 8.95. The average Bonchev–Trinajstić information content (AvgIpc) is 2.79. The van der Waals surface area contributed by atoms with Crippen LogP contribution in [0.25, 0.3) is 0 Å². The van der Waals surface area contributed by atoms with Gasteiger partial charge in [-0.3, -0.25) is 0 Å². The normalized spacial score (nSPS) is 22.1. The lowest BCUT2D eigenvalue weighted by molar-refractivity contribution is -0.0882. The van der Waals surface area contributed by atoms with Gasteiger partial charge in [0.15, 0.2) is 0 Å². The fourth-order valence-corrected chi connectivity index (χ4v) is 4.31. The lowest BCUT2D eigenvalue weighted by Gasteiger charge is -2.25. The largest absolute Gasteiger partial charge is 0.389 e. The highest BCUT2D eigenvalue weighted by Gasteiger charge is 2.18. The van der Waals surface area contributed by atoms with Gasteiger partial charge in [-0.15, -0.1) is 0 Å². The maximum atomic E-state index is 10.2. The minimum atomic E-state index is -0.540. The molecular formula is C23H46N2O5. The molecule has 4 N–H and O–H groups in total. The first-order chi connectivity index (χ1) is 14.7. The van der Waals surface area contributed by atoms with Crippen LogP contribution in [-0.2, 0) is 14.2 Å². The second-order valence-electron chi connectivity index (χ2n) is 8.95. The number of ether oxygens (including phenoxy) is 3. The number of hydrogen-bond donors (Lipinski definition) is 4. The van der Waals surface area contributed by atoms with Gasteiger partial charge < -0.3 is 35.1 Å². The van der Waals surface area contributed by atoms with E-state index in [-0.39, 0.29) is 19.3 Å². The van der Waals surface area contributed by atoms with Gasteiger partial charge in [0.2, 0.25) is 0 Å². The third-order valence-corrected chi connectivity index (χ3v) is 6.14. The van der Waals surface area contributed by atoms with Crippen LogP contribution < -0.4 is 10.6 Å². The highest BCUT2D eigenvalue weighted by Crippen LogP contribution is 2.18. The maximum absolute atomic E-state index is 10.2. The summed E-state index contributed by atoms with van der Waals surface area (Å²) in [5.41, 5.74) is 0. The maximum Gasteiger partial charge on any atom is 0.104 e. The van der Waals surface area contributed by atoms with Crippen LogP contribution in [0.4, 0.5) is 0 Å². The van der Waals surface area contributed by atoms with Gasteiger partial charge >= 0.3 is 0 Å². The van der Waals surface area contributed by atoms with E-state index in [1.165, 1.54) is 64.2 Å². The summed E-state index contributed by atoms with van der Waals surface area (Å²) in [7, 11) is 0. The summed E-state index contributed by atoms with van der Waals surface area (Å²) in [5.74, 6) is 0. The fraction of sp³-hybridized carbons (Fsp3) is 1.00. The van der Waals surface area contributed by atoms with Gasteiger partial charge in [0.25, 0.3) is 0 Å². The molecular weight excluding hydrogens is 384 g/mol. The lowest BCUT2D eigenvalue weighted by atomic mass is 9.95. The van der Waals surface area contributed by atoms with Crippen LogP contribution in [0.15, 0.2) is 0 Å². The molecule has 0 aromatic carbocycles. The molecule has 7 heteroatoms. The molecule has 178 valence electrons. The second kappa shape index (κ2) is 16.4. The average molecular weight is 431 g/mol. The molecule has 2 aliphatic rings. The number of rotatable bonds is 16. The van der Waals surface area contributed by atoms with Crippen molar-refractivity contribution >= 4 is 0 Å². The van der Waals surface area contributed by atoms with E-state index in [4.69, 9.17) is 14.2 Å². The van der Waals surface area contributed by atoms with Crippen LogP contribution in [0.2, 0.25) is 0 Å². The summed E-state index contributed by atoms with van der Waals surface area (Å²) in [6, 6.07) is 1.06. The monoisotopic (exact) mass is 430 g/mol. The highest BCUT2D eigenvalue weighted by molar-refractivity contribution is 4.75. The summed E-state index contributed by atoms with van der Waals surface area (Å²) in [6.07, 6.45) is 11.3. The first-order valence-electron chi connectivity index (χ1n) is 12.3. The van der Waals surface area contributed by atoms with Crippen molar-refractivity contribution in [3.05, 3.63) is 0 Å². The van der Waals surface area contributed by atoms with Gasteiger partial charge in [-0.05, 0) is 32.6 Å². The zero-order valence-electron chi connectivity index (χ0n) is 19.0. The molecule has 2 fully saturated rings.